The highest BCUT2D eigenvalue weighted by molar-refractivity contribution is 7.89. The van der Waals surface area contributed by atoms with E-state index in [0.29, 0.717) is 30.5 Å². The van der Waals surface area contributed by atoms with E-state index in [9.17, 15) is 8.42 Å². The number of hydrogen-bond acceptors (Lipinski definition) is 3. The van der Waals surface area contributed by atoms with Gasteiger partial charge in [0.15, 0.2) is 0 Å². The molecule has 18 heavy (non-hydrogen) atoms. The molecule has 1 fully saturated rings. The Bertz CT molecular complexity index is 513. The fraction of sp³-hybridized carbons (Fsp3) is 0.538. The summed E-state index contributed by atoms with van der Waals surface area (Å²) in [6.45, 7) is 3.60. The summed E-state index contributed by atoms with van der Waals surface area (Å²) < 4.78 is 31.6. The molecular formula is C13H19NO3S. The predicted octanol–water partition coefficient (Wildman–Crippen LogP) is 1.65. The van der Waals surface area contributed by atoms with Crippen LogP contribution in [0.1, 0.15) is 12.0 Å². The fourth-order valence-corrected chi connectivity index (χ4v) is 4.13. The highest BCUT2D eigenvalue weighted by Crippen LogP contribution is 2.26. The molecule has 0 aromatic heterocycles. The van der Waals surface area contributed by atoms with Crippen LogP contribution >= 0.6 is 0 Å². The van der Waals surface area contributed by atoms with Gasteiger partial charge in [0, 0.05) is 20.2 Å². The summed E-state index contributed by atoms with van der Waals surface area (Å²) in [4.78, 5) is 0.420. The van der Waals surface area contributed by atoms with Crippen LogP contribution in [0.15, 0.2) is 29.2 Å². The van der Waals surface area contributed by atoms with Crippen LogP contribution in [-0.4, -0.2) is 39.5 Å². The smallest absolute Gasteiger partial charge is 0.243 e. The normalized spacial score (nSPS) is 21.3. The van der Waals surface area contributed by atoms with Gasteiger partial charge in [0.25, 0.3) is 0 Å². The van der Waals surface area contributed by atoms with E-state index < -0.39 is 10.0 Å². The maximum absolute atomic E-state index is 12.5. The van der Waals surface area contributed by atoms with Crippen LogP contribution in [-0.2, 0) is 14.8 Å². The molecule has 0 amide bonds. The van der Waals surface area contributed by atoms with Crippen molar-refractivity contribution in [2.45, 2.75) is 18.2 Å². The lowest BCUT2D eigenvalue weighted by Crippen LogP contribution is -2.29. The van der Waals surface area contributed by atoms with Crippen molar-refractivity contribution in [2.24, 2.45) is 5.92 Å². The van der Waals surface area contributed by atoms with Gasteiger partial charge in [-0.2, -0.15) is 4.31 Å². The van der Waals surface area contributed by atoms with Crippen LogP contribution in [0.3, 0.4) is 0 Å². The molecule has 1 aliphatic heterocycles. The lowest BCUT2D eigenvalue weighted by molar-refractivity contribution is 0.157. The fourth-order valence-electron chi connectivity index (χ4n) is 2.37. The van der Waals surface area contributed by atoms with Crippen molar-refractivity contribution in [1.82, 2.24) is 4.31 Å². The zero-order valence-electron chi connectivity index (χ0n) is 10.8. The van der Waals surface area contributed by atoms with Gasteiger partial charge >= 0.3 is 0 Å². The molecule has 100 valence electrons. The third-order valence-corrected chi connectivity index (χ3v) is 5.39. The standard InChI is InChI=1S/C13H19NO3S/c1-11-5-3-4-6-13(11)18(15,16)14-8-7-12(9-14)10-17-2/h3-6,12H,7-10H2,1-2H3. The van der Waals surface area contributed by atoms with Crippen molar-refractivity contribution >= 4 is 10.0 Å². The Morgan fingerprint density at radius 3 is 2.78 bits per heavy atom. The predicted molar refractivity (Wildman–Crippen MR) is 69.9 cm³/mol. The van der Waals surface area contributed by atoms with Crippen LogP contribution in [0.4, 0.5) is 0 Å². The summed E-state index contributed by atoms with van der Waals surface area (Å²) in [6, 6.07) is 7.12. The monoisotopic (exact) mass is 269 g/mol. The van der Waals surface area contributed by atoms with Gasteiger partial charge in [-0.3, -0.25) is 0 Å². The number of rotatable bonds is 4. The average molecular weight is 269 g/mol. The zero-order chi connectivity index (χ0) is 13.2. The van der Waals surface area contributed by atoms with Crippen LogP contribution < -0.4 is 0 Å². The lowest BCUT2D eigenvalue weighted by Gasteiger charge is -2.17. The van der Waals surface area contributed by atoms with Gasteiger partial charge in [0.2, 0.25) is 10.0 Å². The van der Waals surface area contributed by atoms with Crippen LogP contribution in [0.2, 0.25) is 0 Å². The first-order valence-electron chi connectivity index (χ1n) is 6.10. The number of benzene rings is 1. The Labute approximate surface area is 109 Å². The first-order valence-corrected chi connectivity index (χ1v) is 7.54. The van der Waals surface area contributed by atoms with Crippen molar-refractivity contribution in [1.29, 1.82) is 0 Å². The lowest BCUT2D eigenvalue weighted by atomic mass is 10.1. The van der Waals surface area contributed by atoms with Crippen molar-refractivity contribution in [2.75, 3.05) is 26.8 Å². The Morgan fingerprint density at radius 2 is 2.11 bits per heavy atom. The molecule has 1 atom stereocenters. The molecule has 0 saturated carbocycles. The Hall–Kier alpha value is -0.910. The maximum atomic E-state index is 12.5. The molecule has 0 bridgehead atoms. The Kier molecular flexibility index (Phi) is 4.04. The van der Waals surface area contributed by atoms with Gasteiger partial charge in [-0.15, -0.1) is 0 Å². The van der Waals surface area contributed by atoms with Crippen molar-refractivity contribution < 1.29 is 13.2 Å². The van der Waals surface area contributed by atoms with E-state index in [1.54, 1.807) is 23.5 Å². The minimum Gasteiger partial charge on any atom is -0.384 e. The van der Waals surface area contributed by atoms with Gasteiger partial charge in [0.1, 0.15) is 0 Å². The number of nitrogens with zero attached hydrogens (tertiary/aromatic N) is 1. The number of aryl methyl sites for hydroxylation is 1. The number of sulfonamides is 1. The van der Waals surface area contributed by atoms with Gasteiger partial charge < -0.3 is 4.74 Å². The molecule has 0 radical (unpaired) electrons. The summed E-state index contributed by atoms with van der Waals surface area (Å²) in [6.07, 6.45) is 0.874. The minimum absolute atomic E-state index is 0.314. The molecular weight excluding hydrogens is 250 g/mol. The molecule has 1 heterocycles. The summed E-state index contributed by atoms with van der Waals surface area (Å²) in [5, 5.41) is 0. The van der Waals surface area contributed by atoms with Crippen molar-refractivity contribution in [3.05, 3.63) is 29.8 Å². The van der Waals surface area contributed by atoms with E-state index in [-0.39, 0.29) is 0 Å². The topological polar surface area (TPSA) is 46.6 Å². The molecule has 1 saturated heterocycles. The summed E-state index contributed by atoms with van der Waals surface area (Å²) in [7, 11) is -1.69. The third-order valence-electron chi connectivity index (χ3n) is 3.36. The largest absolute Gasteiger partial charge is 0.384 e. The molecule has 0 spiro atoms. The molecule has 1 aliphatic rings. The van der Waals surface area contributed by atoms with E-state index >= 15 is 0 Å². The third kappa shape index (κ3) is 2.58. The zero-order valence-corrected chi connectivity index (χ0v) is 11.6. The van der Waals surface area contributed by atoms with E-state index in [2.05, 4.69) is 0 Å². The second-order valence-corrected chi connectivity index (χ2v) is 6.64. The highest BCUT2D eigenvalue weighted by atomic mass is 32.2. The van der Waals surface area contributed by atoms with Crippen LogP contribution in [0, 0.1) is 12.8 Å². The second kappa shape index (κ2) is 5.38. The van der Waals surface area contributed by atoms with Crippen molar-refractivity contribution in [3.63, 3.8) is 0 Å². The first-order chi connectivity index (χ1) is 8.55. The molecule has 0 N–H and O–H groups in total. The molecule has 2 rings (SSSR count). The summed E-state index contributed by atoms with van der Waals surface area (Å²) >= 11 is 0. The number of hydrogen-bond donors (Lipinski definition) is 0. The molecule has 4 nitrogen and oxygen atoms in total. The van der Waals surface area contributed by atoms with Crippen LogP contribution in [0.5, 0.6) is 0 Å². The summed E-state index contributed by atoms with van der Waals surface area (Å²) in [5.74, 6) is 0.314. The first kappa shape index (κ1) is 13.5. The quantitative estimate of drug-likeness (QED) is 0.835. The van der Waals surface area contributed by atoms with Crippen LogP contribution in [0.25, 0.3) is 0 Å². The Balaban J connectivity index is 2.21. The highest BCUT2D eigenvalue weighted by Gasteiger charge is 2.32. The average Bonchev–Trinajstić information content (AvgIpc) is 2.79. The van der Waals surface area contributed by atoms with Crippen molar-refractivity contribution in [3.8, 4) is 0 Å². The summed E-state index contributed by atoms with van der Waals surface area (Å²) in [5.41, 5.74) is 0.799. The molecule has 1 aromatic rings. The SMILES string of the molecule is COCC1CCN(S(=O)(=O)c2ccccc2C)C1. The Morgan fingerprint density at radius 1 is 1.39 bits per heavy atom. The van der Waals surface area contributed by atoms with Gasteiger partial charge in [-0.1, -0.05) is 18.2 Å². The van der Waals surface area contributed by atoms with E-state index in [1.165, 1.54) is 0 Å². The molecule has 0 aliphatic carbocycles. The molecule has 1 unspecified atom stereocenters. The second-order valence-electron chi connectivity index (χ2n) is 4.74. The minimum atomic E-state index is -3.34. The molecule has 1 aromatic carbocycles. The number of ether oxygens (including phenoxy) is 1. The van der Waals surface area contributed by atoms with Gasteiger partial charge in [0.05, 0.1) is 11.5 Å². The maximum Gasteiger partial charge on any atom is 0.243 e. The van der Waals surface area contributed by atoms with E-state index in [4.69, 9.17) is 4.74 Å². The molecule has 5 heteroatoms. The van der Waals surface area contributed by atoms with Gasteiger partial charge in [-0.25, -0.2) is 8.42 Å². The number of methoxy groups -OCH3 is 1. The van der Waals surface area contributed by atoms with E-state index in [0.717, 1.165) is 12.0 Å². The van der Waals surface area contributed by atoms with Gasteiger partial charge in [-0.05, 0) is 30.9 Å². The van der Waals surface area contributed by atoms with E-state index in [1.807, 2.05) is 19.1 Å².